The molecule has 1 aromatic carbocycles. The van der Waals surface area contributed by atoms with Gasteiger partial charge in [-0.2, -0.15) is 0 Å². The Morgan fingerprint density at radius 3 is 2.67 bits per heavy atom. The van der Waals surface area contributed by atoms with Gasteiger partial charge in [-0.25, -0.2) is 0 Å². The van der Waals surface area contributed by atoms with E-state index in [1.54, 1.807) is 0 Å². The van der Waals surface area contributed by atoms with Gasteiger partial charge in [0.25, 0.3) is 0 Å². The van der Waals surface area contributed by atoms with Gasteiger partial charge in [-0.15, -0.1) is 10.2 Å². The van der Waals surface area contributed by atoms with Crippen molar-refractivity contribution in [2.75, 3.05) is 11.9 Å². The average molecular weight is 345 g/mol. The molecule has 0 bridgehead atoms. The number of amides is 1. The van der Waals surface area contributed by atoms with Crippen molar-refractivity contribution in [3.8, 4) is 5.75 Å². The first kappa shape index (κ1) is 16.9. The number of hydrogen-bond acceptors (Lipinski definition) is 5. The molecule has 3 rings (SSSR count). The predicted octanol–water partition coefficient (Wildman–Crippen LogP) is 4.17. The number of rotatable bonds is 6. The number of ether oxygens (including phenoxy) is 1. The summed E-state index contributed by atoms with van der Waals surface area (Å²) < 4.78 is 5.40. The summed E-state index contributed by atoms with van der Waals surface area (Å²) in [5.41, 5.74) is 0.952. The SMILES string of the molecule is CCOc1ccc(CC(=O)Nc2nnc(C3CCCCC3)s2)cc1. The van der Waals surface area contributed by atoms with Gasteiger partial charge < -0.3 is 10.1 Å². The van der Waals surface area contributed by atoms with E-state index in [1.807, 2.05) is 31.2 Å². The van der Waals surface area contributed by atoms with E-state index in [9.17, 15) is 4.79 Å². The standard InChI is InChI=1S/C18H23N3O2S/c1-2-23-15-10-8-13(9-11-15)12-16(22)19-18-21-20-17(24-18)14-6-4-3-5-7-14/h8-11,14H,2-7,12H2,1H3,(H,19,21,22). The van der Waals surface area contributed by atoms with Crippen molar-refractivity contribution >= 4 is 22.4 Å². The van der Waals surface area contributed by atoms with Crippen molar-refractivity contribution in [3.63, 3.8) is 0 Å². The lowest BCUT2D eigenvalue weighted by Gasteiger charge is -2.18. The Morgan fingerprint density at radius 1 is 1.21 bits per heavy atom. The molecule has 6 heteroatoms. The Labute approximate surface area is 146 Å². The largest absolute Gasteiger partial charge is 0.494 e. The number of nitrogens with zero attached hydrogens (tertiary/aromatic N) is 2. The molecule has 2 aromatic rings. The van der Waals surface area contributed by atoms with Crippen molar-refractivity contribution in [2.24, 2.45) is 0 Å². The second-order valence-electron chi connectivity index (χ2n) is 6.08. The molecule has 1 aromatic heterocycles. The zero-order chi connectivity index (χ0) is 16.8. The molecule has 1 aliphatic rings. The van der Waals surface area contributed by atoms with E-state index in [1.165, 1.54) is 43.4 Å². The summed E-state index contributed by atoms with van der Waals surface area (Å²) in [6, 6.07) is 7.60. The quantitative estimate of drug-likeness (QED) is 0.853. The van der Waals surface area contributed by atoms with Crippen LogP contribution in [0.5, 0.6) is 5.75 Å². The highest BCUT2D eigenvalue weighted by Gasteiger charge is 2.20. The van der Waals surface area contributed by atoms with Crippen molar-refractivity contribution in [3.05, 3.63) is 34.8 Å². The van der Waals surface area contributed by atoms with Crippen LogP contribution in [0.4, 0.5) is 5.13 Å². The van der Waals surface area contributed by atoms with Gasteiger partial charge in [0.05, 0.1) is 13.0 Å². The average Bonchev–Trinajstić information content (AvgIpc) is 3.06. The Morgan fingerprint density at radius 2 is 1.96 bits per heavy atom. The van der Waals surface area contributed by atoms with Crippen LogP contribution in [0, 0.1) is 0 Å². The third-order valence-electron chi connectivity index (χ3n) is 4.24. The van der Waals surface area contributed by atoms with Gasteiger partial charge in [0, 0.05) is 5.92 Å². The molecular formula is C18H23N3O2S. The molecule has 1 N–H and O–H groups in total. The maximum Gasteiger partial charge on any atom is 0.230 e. The molecule has 0 unspecified atom stereocenters. The molecule has 1 amide bonds. The molecule has 0 aliphatic heterocycles. The molecule has 128 valence electrons. The first-order valence-electron chi connectivity index (χ1n) is 8.59. The number of benzene rings is 1. The Bertz CT molecular complexity index is 663. The topological polar surface area (TPSA) is 64.1 Å². The number of anilines is 1. The van der Waals surface area contributed by atoms with E-state index in [2.05, 4.69) is 15.5 Å². The third kappa shape index (κ3) is 4.54. The van der Waals surface area contributed by atoms with Crippen LogP contribution in [-0.4, -0.2) is 22.7 Å². The Balaban J connectivity index is 1.53. The smallest absolute Gasteiger partial charge is 0.230 e. The summed E-state index contributed by atoms with van der Waals surface area (Å²) >= 11 is 1.51. The molecule has 0 spiro atoms. The highest BCUT2D eigenvalue weighted by molar-refractivity contribution is 7.15. The van der Waals surface area contributed by atoms with E-state index in [-0.39, 0.29) is 5.91 Å². The second-order valence-corrected chi connectivity index (χ2v) is 7.09. The highest BCUT2D eigenvalue weighted by Crippen LogP contribution is 2.35. The molecule has 0 saturated heterocycles. The van der Waals surface area contributed by atoms with Crippen LogP contribution in [0.3, 0.4) is 0 Å². The third-order valence-corrected chi connectivity index (χ3v) is 5.24. The number of carbonyl (C=O) groups excluding carboxylic acids is 1. The van der Waals surface area contributed by atoms with Gasteiger partial charge in [-0.1, -0.05) is 42.7 Å². The molecule has 1 heterocycles. The zero-order valence-electron chi connectivity index (χ0n) is 14.0. The fourth-order valence-electron chi connectivity index (χ4n) is 3.02. The molecule has 1 fully saturated rings. The first-order valence-corrected chi connectivity index (χ1v) is 9.41. The molecule has 5 nitrogen and oxygen atoms in total. The molecule has 0 atom stereocenters. The van der Waals surface area contributed by atoms with Crippen molar-refractivity contribution < 1.29 is 9.53 Å². The van der Waals surface area contributed by atoms with Gasteiger partial charge in [-0.05, 0) is 37.5 Å². The van der Waals surface area contributed by atoms with Gasteiger partial charge >= 0.3 is 0 Å². The van der Waals surface area contributed by atoms with Crippen LogP contribution in [0.15, 0.2) is 24.3 Å². The lowest BCUT2D eigenvalue weighted by molar-refractivity contribution is -0.115. The van der Waals surface area contributed by atoms with E-state index < -0.39 is 0 Å². The molecule has 1 aliphatic carbocycles. The van der Waals surface area contributed by atoms with Crippen LogP contribution >= 0.6 is 11.3 Å². The number of hydrogen-bond donors (Lipinski definition) is 1. The number of aromatic nitrogens is 2. The van der Waals surface area contributed by atoms with Gasteiger partial charge in [0.2, 0.25) is 11.0 Å². The normalized spacial score (nSPS) is 15.2. The molecule has 0 radical (unpaired) electrons. The van der Waals surface area contributed by atoms with Crippen molar-refractivity contribution in [1.82, 2.24) is 10.2 Å². The molecule has 24 heavy (non-hydrogen) atoms. The highest BCUT2D eigenvalue weighted by atomic mass is 32.1. The van der Waals surface area contributed by atoms with Crippen molar-refractivity contribution in [1.29, 1.82) is 0 Å². The molecular weight excluding hydrogens is 322 g/mol. The zero-order valence-corrected chi connectivity index (χ0v) is 14.8. The monoisotopic (exact) mass is 345 g/mol. The number of carbonyl (C=O) groups is 1. The minimum atomic E-state index is -0.0643. The summed E-state index contributed by atoms with van der Waals surface area (Å²) in [7, 11) is 0. The minimum Gasteiger partial charge on any atom is -0.494 e. The summed E-state index contributed by atoms with van der Waals surface area (Å²) in [6.07, 6.45) is 6.56. The van der Waals surface area contributed by atoms with E-state index in [4.69, 9.17) is 4.74 Å². The van der Waals surface area contributed by atoms with E-state index in [0.29, 0.717) is 24.1 Å². The summed E-state index contributed by atoms with van der Waals surface area (Å²) in [5, 5.41) is 12.9. The summed E-state index contributed by atoms with van der Waals surface area (Å²) in [5.74, 6) is 1.28. The lowest BCUT2D eigenvalue weighted by Crippen LogP contribution is -2.14. The van der Waals surface area contributed by atoms with Gasteiger partial charge in [0.15, 0.2) is 0 Å². The van der Waals surface area contributed by atoms with Crippen LogP contribution in [0.1, 0.15) is 55.5 Å². The van der Waals surface area contributed by atoms with Gasteiger partial charge in [-0.3, -0.25) is 4.79 Å². The van der Waals surface area contributed by atoms with E-state index in [0.717, 1.165) is 16.3 Å². The Hall–Kier alpha value is -1.95. The summed E-state index contributed by atoms with van der Waals surface area (Å²) in [4.78, 5) is 12.2. The maximum absolute atomic E-state index is 12.2. The molecule has 1 saturated carbocycles. The van der Waals surface area contributed by atoms with Crippen LogP contribution in [0.25, 0.3) is 0 Å². The fourth-order valence-corrected chi connectivity index (χ4v) is 3.95. The first-order chi connectivity index (χ1) is 11.7. The van der Waals surface area contributed by atoms with Crippen molar-refractivity contribution in [2.45, 2.75) is 51.4 Å². The Kier molecular flexibility index (Phi) is 5.80. The van der Waals surface area contributed by atoms with Crippen LogP contribution in [0.2, 0.25) is 0 Å². The van der Waals surface area contributed by atoms with Crippen LogP contribution in [-0.2, 0) is 11.2 Å². The number of nitrogens with one attached hydrogen (secondary N) is 1. The van der Waals surface area contributed by atoms with Crippen LogP contribution < -0.4 is 10.1 Å². The summed E-state index contributed by atoms with van der Waals surface area (Å²) in [6.45, 7) is 2.59. The fraction of sp³-hybridized carbons (Fsp3) is 0.500. The minimum absolute atomic E-state index is 0.0643. The van der Waals surface area contributed by atoms with E-state index >= 15 is 0 Å². The predicted molar refractivity (Wildman–Crippen MR) is 95.7 cm³/mol. The van der Waals surface area contributed by atoms with Gasteiger partial charge in [0.1, 0.15) is 10.8 Å². The maximum atomic E-state index is 12.2. The lowest BCUT2D eigenvalue weighted by atomic mass is 9.90. The second kappa shape index (κ2) is 8.24.